The molecule has 0 aliphatic heterocycles. The normalized spacial score (nSPS) is 15.9. The van der Waals surface area contributed by atoms with E-state index >= 15 is 0 Å². The summed E-state index contributed by atoms with van der Waals surface area (Å²) in [4.78, 5) is 0. The summed E-state index contributed by atoms with van der Waals surface area (Å²) in [5.74, 6) is -1.65. The number of rotatable bonds is 6. The molecule has 0 saturated heterocycles. The number of benzene rings is 2. The summed E-state index contributed by atoms with van der Waals surface area (Å²) in [5, 5.41) is 4.57. The zero-order chi connectivity index (χ0) is 20.5. The second-order valence-corrected chi connectivity index (χ2v) is 7.13. The third-order valence-electron chi connectivity index (χ3n) is 5.34. The van der Waals surface area contributed by atoms with Gasteiger partial charge in [0, 0.05) is 31.8 Å². The molecule has 1 aliphatic carbocycles. The van der Waals surface area contributed by atoms with Crippen LogP contribution in [0, 0.1) is 17.5 Å². The van der Waals surface area contributed by atoms with Crippen LogP contribution in [0.3, 0.4) is 0 Å². The fourth-order valence-electron chi connectivity index (χ4n) is 4.10. The largest absolute Gasteiger partial charge is 0.350 e. The van der Waals surface area contributed by atoms with Crippen molar-refractivity contribution in [3.63, 3.8) is 0 Å². The molecule has 0 amide bonds. The van der Waals surface area contributed by atoms with Gasteiger partial charge in [-0.2, -0.15) is 5.10 Å². The smallest absolute Gasteiger partial charge is 0.202 e. The Hall–Kier alpha value is -2.64. The maximum atomic E-state index is 14.6. The van der Waals surface area contributed by atoms with E-state index in [1.807, 2.05) is 6.07 Å². The second-order valence-electron chi connectivity index (χ2n) is 7.13. The van der Waals surface area contributed by atoms with Gasteiger partial charge in [0.05, 0.1) is 5.69 Å². The van der Waals surface area contributed by atoms with E-state index in [2.05, 4.69) is 5.10 Å². The molecule has 29 heavy (non-hydrogen) atoms. The molecule has 0 N–H and O–H groups in total. The number of aromatic nitrogens is 2. The minimum atomic E-state index is -0.704. The Morgan fingerprint density at radius 2 is 1.83 bits per heavy atom. The van der Waals surface area contributed by atoms with Crippen LogP contribution in [-0.2, 0) is 22.3 Å². The van der Waals surface area contributed by atoms with Crippen molar-refractivity contribution in [3.8, 4) is 5.69 Å². The lowest BCUT2D eigenvalue weighted by Gasteiger charge is -2.15. The molecule has 0 spiro atoms. The number of nitrogens with zero attached hydrogens (tertiary/aromatic N) is 2. The highest BCUT2D eigenvalue weighted by Crippen LogP contribution is 2.41. The zero-order valence-corrected chi connectivity index (χ0v) is 16.2. The van der Waals surface area contributed by atoms with E-state index in [-0.39, 0.29) is 17.4 Å². The highest BCUT2D eigenvalue weighted by atomic mass is 19.1. The van der Waals surface area contributed by atoms with Gasteiger partial charge in [0.25, 0.3) is 0 Å². The predicted octanol–water partition coefficient (Wildman–Crippen LogP) is 4.85. The molecule has 1 unspecified atom stereocenters. The van der Waals surface area contributed by atoms with Crippen molar-refractivity contribution in [2.75, 3.05) is 14.2 Å². The molecule has 1 atom stereocenters. The van der Waals surface area contributed by atoms with E-state index in [9.17, 15) is 13.2 Å². The monoisotopic (exact) mass is 402 g/mol. The maximum Gasteiger partial charge on any atom is 0.202 e. The topological polar surface area (TPSA) is 36.3 Å². The first-order valence-electron chi connectivity index (χ1n) is 9.39. The average Bonchev–Trinajstić information content (AvgIpc) is 3.25. The van der Waals surface area contributed by atoms with E-state index in [4.69, 9.17) is 9.47 Å². The molecule has 7 heteroatoms. The number of hydrogen-bond donors (Lipinski definition) is 0. The fourth-order valence-corrected chi connectivity index (χ4v) is 4.10. The Labute approximate surface area is 166 Å². The minimum Gasteiger partial charge on any atom is -0.350 e. The molecule has 1 aromatic heterocycles. The SMILES string of the molecule is COC(OC)c1nn(-c2ccc(F)cc2F)c2c1CCC2Cc1cccc(F)c1. The molecule has 0 saturated carbocycles. The first kappa shape index (κ1) is 19.7. The molecule has 4 rings (SSSR count). The van der Waals surface area contributed by atoms with Gasteiger partial charge in [-0.3, -0.25) is 0 Å². The Morgan fingerprint density at radius 3 is 2.52 bits per heavy atom. The lowest BCUT2D eigenvalue weighted by molar-refractivity contribution is -0.109. The molecule has 0 radical (unpaired) electrons. The third-order valence-corrected chi connectivity index (χ3v) is 5.34. The van der Waals surface area contributed by atoms with Crippen LogP contribution in [0.2, 0.25) is 0 Å². The Bertz CT molecular complexity index is 1030. The van der Waals surface area contributed by atoms with Crippen LogP contribution >= 0.6 is 0 Å². The summed E-state index contributed by atoms with van der Waals surface area (Å²) in [6.07, 6.45) is 1.42. The average molecular weight is 402 g/mol. The van der Waals surface area contributed by atoms with Crippen LogP contribution in [0.1, 0.15) is 41.1 Å². The quantitative estimate of drug-likeness (QED) is 0.553. The zero-order valence-electron chi connectivity index (χ0n) is 16.2. The molecular formula is C22H21F3N2O2. The number of ether oxygens (including phenoxy) is 2. The lowest BCUT2D eigenvalue weighted by atomic mass is 9.97. The van der Waals surface area contributed by atoms with Crippen molar-refractivity contribution in [1.29, 1.82) is 0 Å². The van der Waals surface area contributed by atoms with Crippen molar-refractivity contribution < 1.29 is 22.6 Å². The number of halogens is 3. The number of methoxy groups -OCH3 is 2. The molecule has 0 bridgehead atoms. The van der Waals surface area contributed by atoms with Crippen LogP contribution in [0.25, 0.3) is 5.69 Å². The van der Waals surface area contributed by atoms with Crippen LogP contribution in [-0.4, -0.2) is 24.0 Å². The van der Waals surface area contributed by atoms with Gasteiger partial charge < -0.3 is 9.47 Å². The molecule has 2 aromatic carbocycles. The summed E-state index contributed by atoms with van der Waals surface area (Å²) < 4.78 is 53.9. The Morgan fingerprint density at radius 1 is 1.07 bits per heavy atom. The molecule has 152 valence electrons. The van der Waals surface area contributed by atoms with Gasteiger partial charge in [-0.15, -0.1) is 0 Å². The standard InChI is InChI=1S/C22H21F3N2O2/c1-28-22(29-2)20-17-8-6-14(10-13-4-3-5-15(23)11-13)21(17)27(26-20)19-9-7-16(24)12-18(19)25/h3-5,7,9,11-12,14,22H,6,8,10H2,1-2H3. The van der Waals surface area contributed by atoms with Gasteiger partial charge in [-0.25, -0.2) is 17.9 Å². The molecule has 4 nitrogen and oxygen atoms in total. The van der Waals surface area contributed by atoms with E-state index in [1.165, 1.54) is 43.2 Å². The summed E-state index contributed by atoms with van der Waals surface area (Å²) in [7, 11) is 3.02. The molecular weight excluding hydrogens is 381 g/mol. The fraction of sp³-hybridized carbons (Fsp3) is 0.318. The van der Waals surface area contributed by atoms with Crippen molar-refractivity contribution in [2.24, 2.45) is 0 Å². The number of hydrogen-bond acceptors (Lipinski definition) is 3. The van der Waals surface area contributed by atoms with Crippen molar-refractivity contribution in [2.45, 2.75) is 31.5 Å². The molecule has 3 aromatic rings. The first-order valence-corrected chi connectivity index (χ1v) is 9.39. The van der Waals surface area contributed by atoms with E-state index < -0.39 is 17.9 Å². The van der Waals surface area contributed by atoms with E-state index in [0.717, 1.165) is 35.7 Å². The summed E-state index contributed by atoms with van der Waals surface area (Å²) in [6, 6.07) is 9.86. The summed E-state index contributed by atoms with van der Waals surface area (Å²) in [6.45, 7) is 0. The summed E-state index contributed by atoms with van der Waals surface area (Å²) >= 11 is 0. The van der Waals surface area contributed by atoms with Crippen LogP contribution < -0.4 is 0 Å². The maximum absolute atomic E-state index is 14.6. The van der Waals surface area contributed by atoms with Gasteiger partial charge in [0.2, 0.25) is 6.29 Å². The molecule has 1 heterocycles. The van der Waals surface area contributed by atoms with E-state index in [0.29, 0.717) is 12.1 Å². The van der Waals surface area contributed by atoms with Crippen molar-refractivity contribution in [3.05, 3.63) is 82.4 Å². The van der Waals surface area contributed by atoms with Gasteiger partial charge in [0.1, 0.15) is 23.0 Å². The van der Waals surface area contributed by atoms with Gasteiger partial charge in [0.15, 0.2) is 5.82 Å². The van der Waals surface area contributed by atoms with E-state index in [1.54, 1.807) is 6.07 Å². The van der Waals surface area contributed by atoms with Gasteiger partial charge in [-0.1, -0.05) is 12.1 Å². The second kappa shape index (κ2) is 8.00. The Balaban J connectivity index is 1.82. The third kappa shape index (κ3) is 3.68. The van der Waals surface area contributed by atoms with Crippen LogP contribution in [0.15, 0.2) is 42.5 Å². The van der Waals surface area contributed by atoms with Crippen LogP contribution in [0.4, 0.5) is 13.2 Å². The van der Waals surface area contributed by atoms with Gasteiger partial charge >= 0.3 is 0 Å². The predicted molar refractivity (Wildman–Crippen MR) is 101 cm³/mol. The summed E-state index contributed by atoms with van der Waals surface area (Å²) in [5.41, 5.74) is 3.35. The highest BCUT2D eigenvalue weighted by Gasteiger charge is 2.34. The highest BCUT2D eigenvalue weighted by molar-refractivity contribution is 5.44. The van der Waals surface area contributed by atoms with Crippen LogP contribution in [0.5, 0.6) is 0 Å². The van der Waals surface area contributed by atoms with Crippen molar-refractivity contribution >= 4 is 0 Å². The number of fused-ring (bicyclic) bond motifs is 1. The molecule has 1 aliphatic rings. The first-order chi connectivity index (χ1) is 14.0. The lowest BCUT2D eigenvalue weighted by Crippen LogP contribution is -2.11. The Kier molecular flexibility index (Phi) is 5.43. The van der Waals surface area contributed by atoms with Crippen molar-refractivity contribution in [1.82, 2.24) is 9.78 Å². The minimum absolute atomic E-state index is 0.00636. The van der Waals surface area contributed by atoms with Gasteiger partial charge in [-0.05, 0) is 49.1 Å². The molecule has 0 fully saturated rings.